The van der Waals surface area contributed by atoms with Crippen molar-refractivity contribution >= 4 is 11.4 Å². The zero-order valence-corrected chi connectivity index (χ0v) is 12.8. The topological polar surface area (TPSA) is 79.0 Å². The lowest BCUT2D eigenvalue weighted by Crippen LogP contribution is -2.30. The lowest BCUT2D eigenvalue weighted by atomic mass is 9.76. The van der Waals surface area contributed by atoms with Crippen LogP contribution in [0.5, 0.6) is 0 Å². The number of fused-ring (bicyclic) bond motifs is 3. The van der Waals surface area contributed by atoms with Crippen LogP contribution in [-0.4, -0.2) is 4.92 Å². The van der Waals surface area contributed by atoms with Crippen molar-refractivity contribution < 1.29 is 4.92 Å². The normalized spacial score (nSPS) is 23.7. The first-order valence-corrected chi connectivity index (χ1v) is 7.90. The van der Waals surface area contributed by atoms with E-state index in [1.807, 2.05) is 24.3 Å². The van der Waals surface area contributed by atoms with Crippen LogP contribution in [0, 0.1) is 27.4 Å². The SMILES string of the molecule is N#Cc1cccc2c1NC(c1ccccc1[N+](=O)[O-])C1CC=CC21. The van der Waals surface area contributed by atoms with Crippen LogP contribution in [0.4, 0.5) is 11.4 Å². The number of hydrogen-bond acceptors (Lipinski definition) is 4. The molecule has 1 heterocycles. The summed E-state index contributed by atoms with van der Waals surface area (Å²) >= 11 is 0. The van der Waals surface area contributed by atoms with Gasteiger partial charge in [-0.15, -0.1) is 0 Å². The van der Waals surface area contributed by atoms with E-state index in [-0.39, 0.29) is 28.5 Å². The van der Waals surface area contributed by atoms with E-state index in [4.69, 9.17) is 0 Å². The molecule has 1 aliphatic carbocycles. The Labute approximate surface area is 139 Å². The van der Waals surface area contributed by atoms with E-state index in [1.54, 1.807) is 18.2 Å². The van der Waals surface area contributed by atoms with Crippen molar-refractivity contribution in [2.45, 2.75) is 18.4 Å². The second kappa shape index (κ2) is 5.50. The number of hydrogen-bond donors (Lipinski definition) is 1. The second-order valence-electron chi connectivity index (χ2n) is 6.17. The smallest absolute Gasteiger partial charge is 0.274 e. The third-order valence-corrected chi connectivity index (χ3v) is 4.99. The van der Waals surface area contributed by atoms with Crippen LogP contribution in [0.2, 0.25) is 0 Å². The lowest BCUT2D eigenvalue weighted by molar-refractivity contribution is -0.385. The summed E-state index contributed by atoms with van der Waals surface area (Å²) in [7, 11) is 0. The predicted molar refractivity (Wildman–Crippen MR) is 90.6 cm³/mol. The fourth-order valence-corrected chi connectivity index (χ4v) is 3.94. The molecular weight excluding hydrogens is 302 g/mol. The van der Waals surface area contributed by atoms with E-state index >= 15 is 0 Å². The number of nitro groups is 1. The van der Waals surface area contributed by atoms with Crippen molar-refractivity contribution in [3.05, 3.63) is 81.4 Å². The minimum atomic E-state index is -0.333. The van der Waals surface area contributed by atoms with Gasteiger partial charge in [-0.2, -0.15) is 5.26 Å². The molecule has 5 heteroatoms. The molecule has 3 atom stereocenters. The highest BCUT2D eigenvalue weighted by Crippen LogP contribution is 2.51. The highest BCUT2D eigenvalue weighted by atomic mass is 16.6. The quantitative estimate of drug-likeness (QED) is 0.509. The van der Waals surface area contributed by atoms with Gasteiger partial charge in [-0.05, 0) is 24.0 Å². The Morgan fingerprint density at radius 2 is 1.96 bits per heavy atom. The van der Waals surface area contributed by atoms with Gasteiger partial charge in [0.25, 0.3) is 5.69 Å². The maximum Gasteiger partial charge on any atom is 0.274 e. The molecule has 0 radical (unpaired) electrons. The van der Waals surface area contributed by atoms with Gasteiger partial charge < -0.3 is 5.32 Å². The first kappa shape index (κ1) is 14.5. The number of nitriles is 1. The van der Waals surface area contributed by atoms with Crippen LogP contribution in [0.25, 0.3) is 0 Å². The molecule has 0 aromatic heterocycles. The Kier molecular flexibility index (Phi) is 3.31. The molecule has 0 bridgehead atoms. The Bertz CT molecular complexity index is 898. The lowest BCUT2D eigenvalue weighted by Gasteiger charge is -2.37. The number of nitrogens with one attached hydrogen (secondary N) is 1. The van der Waals surface area contributed by atoms with Crippen LogP contribution in [0.1, 0.15) is 35.1 Å². The summed E-state index contributed by atoms with van der Waals surface area (Å²) in [4.78, 5) is 11.1. The molecule has 0 amide bonds. The van der Waals surface area contributed by atoms with Gasteiger partial charge in [-0.1, -0.05) is 42.5 Å². The van der Waals surface area contributed by atoms with Crippen LogP contribution in [0.3, 0.4) is 0 Å². The molecule has 24 heavy (non-hydrogen) atoms. The molecule has 118 valence electrons. The molecular formula is C19H15N3O2. The Balaban J connectivity index is 1.88. The fourth-order valence-electron chi connectivity index (χ4n) is 3.94. The summed E-state index contributed by atoms with van der Waals surface area (Å²) in [5.41, 5.74) is 3.28. The summed E-state index contributed by atoms with van der Waals surface area (Å²) in [6.07, 6.45) is 5.16. The van der Waals surface area contributed by atoms with Crippen molar-refractivity contribution in [3.8, 4) is 6.07 Å². The van der Waals surface area contributed by atoms with E-state index in [9.17, 15) is 15.4 Å². The van der Waals surface area contributed by atoms with Gasteiger partial charge in [-0.3, -0.25) is 10.1 Å². The predicted octanol–water partition coefficient (Wildman–Crippen LogP) is 4.29. The monoisotopic (exact) mass is 317 g/mol. The maximum atomic E-state index is 11.4. The van der Waals surface area contributed by atoms with Crippen LogP contribution in [-0.2, 0) is 0 Å². The van der Waals surface area contributed by atoms with Crippen LogP contribution < -0.4 is 5.32 Å². The molecule has 2 aliphatic rings. The second-order valence-corrected chi connectivity index (χ2v) is 6.17. The van der Waals surface area contributed by atoms with E-state index in [1.165, 1.54) is 0 Å². The van der Waals surface area contributed by atoms with Gasteiger partial charge in [0, 0.05) is 12.0 Å². The number of benzene rings is 2. The molecule has 2 aromatic rings. The molecule has 0 fully saturated rings. The highest BCUT2D eigenvalue weighted by Gasteiger charge is 2.40. The third kappa shape index (κ3) is 2.08. The van der Waals surface area contributed by atoms with Crippen molar-refractivity contribution in [1.82, 2.24) is 0 Å². The van der Waals surface area contributed by atoms with E-state index < -0.39 is 0 Å². The van der Waals surface area contributed by atoms with E-state index in [2.05, 4.69) is 23.5 Å². The van der Waals surface area contributed by atoms with Gasteiger partial charge in [0.1, 0.15) is 6.07 Å². The summed E-state index contributed by atoms with van der Waals surface area (Å²) in [6.45, 7) is 0. The van der Waals surface area contributed by atoms with Gasteiger partial charge in [-0.25, -0.2) is 0 Å². The number of allylic oxidation sites excluding steroid dienone is 2. The standard InChI is InChI=1S/C19H15N3O2/c20-11-12-5-3-8-14-13-7-4-9-15(13)19(21-18(12)14)16-6-1-2-10-17(16)22(23)24/h1-8,10,13,15,19,21H,9H2. The minimum Gasteiger partial charge on any atom is -0.376 e. The summed E-state index contributed by atoms with van der Waals surface area (Å²) < 4.78 is 0. The van der Waals surface area contributed by atoms with Gasteiger partial charge in [0.2, 0.25) is 0 Å². The Hall–Kier alpha value is -3.13. The molecule has 5 nitrogen and oxygen atoms in total. The van der Waals surface area contributed by atoms with Gasteiger partial charge in [0.15, 0.2) is 0 Å². The fraction of sp³-hybridized carbons (Fsp3) is 0.211. The molecule has 2 aromatic carbocycles. The largest absolute Gasteiger partial charge is 0.376 e. The zero-order chi connectivity index (χ0) is 16.7. The zero-order valence-electron chi connectivity index (χ0n) is 12.8. The average molecular weight is 317 g/mol. The number of nitrogens with zero attached hydrogens (tertiary/aromatic N) is 2. The molecule has 1 N–H and O–H groups in total. The van der Waals surface area contributed by atoms with Gasteiger partial charge >= 0.3 is 0 Å². The molecule has 3 unspecified atom stereocenters. The Morgan fingerprint density at radius 3 is 2.75 bits per heavy atom. The van der Waals surface area contributed by atoms with Crippen molar-refractivity contribution in [2.24, 2.45) is 5.92 Å². The maximum absolute atomic E-state index is 11.4. The summed E-state index contributed by atoms with van der Waals surface area (Å²) in [6, 6.07) is 14.6. The van der Waals surface area contributed by atoms with Crippen LogP contribution in [0.15, 0.2) is 54.6 Å². The summed E-state index contributed by atoms with van der Waals surface area (Å²) in [5, 5.41) is 24.3. The first-order valence-electron chi connectivity index (χ1n) is 7.90. The molecule has 0 spiro atoms. The first-order chi connectivity index (χ1) is 11.7. The van der Waals surface area contributed by atoms with Crippen molar-refractivity contribution in [3.63, 3.8) is 0 Å². The number of nitro benzene ring substituents is 1. The Morgan fingerprint density at radius 1 is 1.17 bits per heavy atom. The highest BCUT2D eigenvalue weighted by molar-refractivity contribution is 5.68. The van der Waals surface area contributed by atoms with Crippen molar-refractivity contribution in [2.75, 3.05) is 5.32 Å². The number of anilines is 1. The van der Waals surface area contributed by atoms with E-state index in [0.29, 0.717) is 11.1 Å². The third-order valence-electron chi connectivity index (χ3n) is 4.99. The molecule has 0 saturated carbocycles. The molecule has 4 rings (SSSR count). The summed E-state index contributed by atoms with van der Waals surface area (Å²) in [5.74, 6) is 0.395. The number of rotatable bonds is 2. The molecule has 1 aliphatic heterocycles. The molecule has 0 saturated heterocycles. The van der Waals surface area contributed by atoms with Gasteiger partial charge in [0.05, 0.1) is 27.8 Å². The average Bonchev–Trinajstić information content (AvgIpc) is 3.10. The minimum absolute atomic E-state index is 0.124. The van der Waals surface area contributed by atoms with E-state index in [0.717, 1.165) is 17.7 Å². The van der Waals surface area contributed by atoms with Crippen molar-refractivity contribution in [1.29, 1.82) is 5.26 Å². The number of para-hydroxylation sites is 2. The van der Waals surface area contributed by atoms with Crippen LogP contribution >= 0.6 is 0 Å².